The molecular formula is C15H21ClN2O2. The van der Waals surface area contributed by atoms with Gasteiger partial charge in [-0.25, -0.2) is 0 Å². The molecular weight excluding hydrogens is 276 g/mol. The highest BCUT2D eigenvalue weighted by Crippen LogP contribution is 2.32. The van der Waals surface area contributed by atoms with Crippen LogP contribution in [0.2, 0.25) is 5.22 Å². The smallest absolute Gasteiger partial charge is 0.225 e. The number of rotatable bonds is 4. The third-order valence-corrected chi connectivity index (χ3v) is 4.51. The van der Waals surface area contributed by atoms with Crippen LogP contribution in [0.15, 0.2) is 16.5 Å². The molecule has 0 aromatic carbocycles. The number of likely N-dealkylation sites (tertiary alicyclic amines) is 1. The number of piperidine rings is 1. The summed E-state index contributed by atoms with van der Waals surface area (Å²) in [5.74, 6) is 2.03. The van der Waals surface area contributed by atoms with Gasteiger partial charge in [0.05, 0.1) is 6.54 Å². The lowest BCUT2D eigenvalue weighted by Gasteiger charge is -2.37. The van der Waals surface area contributed by atoms with Gasteiger partial charge in [0.1, 0.15) is 5.76 Å². The van der Waals surface area contributed by atoms with Crippen LogP contribution in [0.1, 0.15) is 31.9 Å². The van der Waals surface area contributed by atoms with Gasteiger partial charge in [-0.2, -0.15) is 0 Å². The molecule has 0 radical (unpaired) electrons. The average molecular weight is 297 g/mol. The fourth-order valence-electron chi connectivity index (χ4n) is 2.92. The van der Waals surface area contributed by atoms with Crippen molar-refractivity contribution in [2.75, 3.05) is 13.1 Å². The van der Waals surface area contributed by atoms with Crippen LogP contribution in [0.3, 0.4) is 0 Å². The maximum Gasteiger partial charge on any atom is 0.225 e. The first-order chi connectivity index (χ1) is 9.63. The molecule has 1 aliphatic carbocycles. The number of amides is 1. The summed E-state index contributed by atoms with van der Waals surface area (Å²) in [6, 6.07) is 4.09. The SMILES string of the molecule is C[C@H]1CN(C(=O)C2CC2)CC[C@H]1NCc1ccc(Cl)o1. The molecule has 5 heteroatoms. The van der Waals surface area contributed by atoms with E-state index >= 15 is 0 Å². The number of carbonyl (C=O) groups is 1. The second kappa shape index (κ2) is 5.78. The highest BCUT2D eigenvalue weighted by Gasteiger charge is 2.36. The van der Waals surface area contributed by atoms with Gasteiger partial charge in [0, 0.05) is 25.0 Å². The van der Waals surface area contributed by atoms with Crippen LogP contribution in [-0.2, 0) is 11.3 Å². The molecule has 0 bridgehead atoms. The monoisotopic (exact) mass is 296 g/mol. The van der Waals surface area contributed by atoms with Crippen molar-refractivity contribution in [2.24, 2.45) is 11.8 Å². The Morgan fingerprint density at radius 1 is 1.45 bits per heavy atom. The summed E-state index contributed by atoms with van der Waals surface area (Å²) >= 11 is 5.76. The summed E-state index contributed by atoms with van der Waals surface area (Å²) in [6.45, 7) is 4.64. The molecule has 4 nitrogen and oxygen atoms in total. The number of halogens is 1. The van der Waals surface area contributed by atoms with Gasteiger partial charge in [-0.1, -0.05) is 6.92 Å². The van der Waals surface area contributed by atoms with E-state index in [0.717, 1.165) is 38.1 Å². The van der Waals surface area contributed by atoms with E-state index in [0.29, 0.717) is 35.5 Å². The molecule has 20 heavy (non-hydrogen) atoms. The molecule has 0 spiro atoms. The van der Waals surface area contributed by atoms with Crippen LogP contribution in [0.4, 0.5) is 0 Å². The quantitative estimate of drug-likeness (QED) is 0.929. The lowest BCUT2D eigenvalue weighted by Crippen LogP contribution is -2.50. The zero-order valence-electron chi connectivity index (χ0n) is 11.8. The van der Waals surface area contributed by atoms with Crippen LogP contribution < -0.4 is 5.32 Å². The molecule has 110 valence electrons. The second-order valence-electron chi connectivity index (χ2n) is 6.02. The minimum atomic E-state index is 0.331. The standard InChI is InChI=1S/C15H21ClN2O2/c1-10-9-18(15(19)11-2-3-11)7-6-13(10)17-8-12-4-5-14(16)20-12/h4-5,10-11,13,17H,2-3,6-9H2,1H3/t10-,13+/m0/s1. The molecule has 2 heterocycles. The predicted molar refractivity (Wildman–Crippen MR) is 77.4 cm³/mol. The summed E-state index contributed by atoms with van der Waals surface area (Å²) in [6.07, 6.45) is 3.18. The Morgan fingerprint density at radius 2 is 2.25 bits per heavy atom. The van der Waals surface area contributed by atoms with E-state index in [9.17, 15) is 4.79 Å². The predicted octanol–water partition coefficient (Wildman–Crippen LogP) is 2.67. The largest absolute Gasteiger partial charge is 0.448 e. The van der Waals surface area contributed by atoms with Crippen LogP contribution >= 0.6 is 11.6 Å². The molecule has 2 aliphatic rings. The molecule has 1 N–H and O–H groups in total. The number of nitrogens with zero attached hydrogens (tertiary/aromatic N) is 1. The van der Waals surface area contributed by atoms with E-state index in [1.807, 2.05) is 11.0 Å². The van der Waals surface area contributed by atoms with Gasteiger partial charge < -0.3 is 14.6 Å². The normalized spacial score (nSPS) is 26.8. The van der Waals surface area contributed by atoms with Gasteiger partial charge in [-0.15, -0.1) is 0 Å². The highest BCUT2D eigenvalue weighted by atomic mass is 35.5. The third-order valence-electron chi connectivity index (χ3n) is 4.31. The van der Waals surface area contributed by atoms with Gasteiger partial charge in [0.15, 0.2) is 5.22 Å². The Bertz CT molecular complexity index is 484. The number of furan rings is 1. The van der Waals surface area contributed by atoms with Gasteiger partial charge >= 0.3 is 0 Å². The summed E-state index contributed by atoms with van der Waals surface area (Å²) in [4.78, 5) is 14.1. The Balaban J connectivity index is 1.48. The van der Waals surface area contributed by atoms with E-state index in [2.05, 4.69) is 12.2 Å². The number of hydrogen-bond donors (Lipinski definition) is 1. The van der Waals surface area contributed by atoms with Crippen molar-refractivity contribution in [3.8, 4) is 0 Å². The molecule has 0 unspecified atom stereocenters. The minimum Gasteiger partial charge on any atom is -0.448 e. The van der Waals surface area contributed by atoms with Crippen LogP contribution in [-0.4, -0.2) is 29.9 Å². The van der Waals surface area contributed by atoms with Gasteiger partial charge in [-0.05, 0) is 48.9 Å². The van der Waals surface area contributed by atoms with Crippen molar-refractivity contribution in [1.29, 1.82) is 0 Å². The van der Waals surface area contributed by atoms with Crippen molar-refractivity contribution in [1.82, 2.24) is 10.2 Å². The van der Waals surface area contributed by atoms with Crippen molar-refractivity contribution >= 4 is 17.5 Å². The molecule has 1 aromatic rings. The summed E-state index contributed by atoms with van der Waals surface area (Å²) < 4.78 is 5.35. The average Bonchev–Trinajstić information content (AvgIpc) is 3.20. The fourth-order valence-corrected chi connectivity index (χ4v) is 3.08. The first kappa shape index (κ1) is 14.0. The lowest BCUT2D eigenvalue weighted by atomic mass is 9.93. The molecule has 3 rings (SSSR count). The number of carbonyl (C=O) groups excluding carboxylic acids is 1. The fraction of sp³-hybridized carbons (Fsp3) is 0.667. The van der Waals surface area contributed by atoms with Crippen molar-refractivity contribution in [2.45, 2.75) is 38.8 Å². The van der Waals surface area contributed by atoms with E-state index in [4.69, 9.17) is 16.0 Å². The minimum absolute atomic E-state index is 0.331. The molecule has 2 atom stereocenters. The molecule has 1 amide bonds. The van der Waals surface area contributed by atoms with E-state index in [1.165, 1.54) is 0 Å². The Morgan fingerprint density at radius 3 is 2.85 bits per heavy atom. The summed E-state index contributed by atoms with van der Waals surface area (Å²) in [5, 5.41) is 3.95. The molecule has 1 saturated heterocycles. The molecule has 1 aliphatic heterocycles. The van der Waals surface area contributed by atoms with Gasteiger partial charge in [-0.3, -0.25) is 4.79 Å². The van der Waals surface area contributed by atoms with E-state index in [1.54, 1.807) is 6.07 Å². The van der Waals surface area contributed by atoms with Crippen molar-refractivity contribution in [3.05, 3.63) is 23.1 Å². The lowest BCUT2D eigenvalue weighted by molar-refractivity contribution is -0.134. The maximum atomic E-state index is 12.1. The first-order valence-corrected chi connectivity index (χ1v) is 7.77. The van der Waals surface area contributed by atoms with Crippen molar-refractivity contribution in [3.63, 3.8) is 0 Å². The number of hydrogen-bond acceptors (Lipinski definition) is 3. The van der Waals surface area contributed by atoms with Crippen LogP contribution in [0, 0.1) is 11.8 Å². The second-order valence-corrected chi connectivity index (χ2v) is 6.39. The zero-order chi connectivity index (χ0) is 14.1. The zero-order valence-corrected chi connectivity index (χ0v) is 12.5. The molecule has 2 fully saturated rings. The summed E-state index contributed by atoms with van der Waals surface area (Å²) in [5.41, 5.74) is 0. The maximum absolute atomic E-state index is 12.1. The van der Waals surface area contributed by atoms with Crippen LogP contribution in [0.5, 0.6) is 0 Å². The Kier molecular flexibility index (Phi) is 4.03. The third kappa shape index (κ3) is 3.18. The van der Waals surface area contributed by atoms with Gasteiger partial charge in [0.25, 0.3) is 0 Å². The topological polar surface area (TPSA) is 45.5 Å². The first-order valence-electron chi connectivity index (χ1n) is 7.40. The summed E-state index contributed by atoms with van der Waals surface area (Å²) in [7, 11) is 0. The van der Waals surface area contributed by atoms with E-state index < -0.39 is 0 Å². The highest BCUT2D eigenvalue weighted by molar-refractivity contribution is 6.28. The van der Waals surface area contributed by atoms with E-state index in [-0.39, 0.29) is 0 Å². The molecule has 1 saturated carbocycles. The van der Waals surface area contributed by atoms with Crippen molar-refractivity contribution < 1.29 is 9.21 Å². The Labute approximate surface area is 124 Å². The Hall–Kier alpha value is -1.00. The number of nitrogens with one attached hydrogen (secondary N) is 1. The molecule has 1 aromatic heterocycles. The van der Waals surface area contributed by atoms with Crippen LogP contribution in [0.25, 0.3) is 0 Å². The van der Waals surface area contributed by atoms with Gasteiger partial charge in [0.2, 0.25) is 5.91 Å².